The van der Waals surface area contributed by atoms with Crippen LogP contribution >= 0.6 is 11.8 Å². The molecule has 1 saturated carbocycles. The minimum atomic E-state index is -3.50. The molecule has 0 unspecified atom stereocenters. The fraction of sp³-hybridized carbons (Fsp3) is 0.692. The summed E-state index contributed by atoms with van der Waals surface area (Å²) in [5.74, 6) is 1.72. The Bertz CT molecular complexity index is 509. The third kappa shape index (κ3) is 5.12. The maximum absolute atomic E-state index is 12.0. The van der Waals surface area contributed by atoms with Gasteiger partial charge in [0, 0.05) is 12.6 Å². The first kappa shape index (κ1) is 15.9. The van der Waals surface area contributed by atoms with E-state index in [2.05, 4.69) is 10.0 Å². The Labute approximate surface area is 124 Å². The van der Waals surface area contributed by atoms with E-state index in [-0.39, 0.29) is 5.09 Å². The maximum atomic E-state index is 12.0. The van der Waals surface area contributed by atoms with Gasteiger partial charge in [0.1, 0.15) is 5.76 Å². The van der Waals surface area contributed by atoms with E-state index in [0.717, 1.165) is 18.6 Å². The zero-order valence-corrected chi connectivity index (χ0v) is 13.4. The van der Waals surface area contributed by atoms with Gasteiger partial charge in [-0.3, -0.25) is 0 Å². The van der Waals surface area contributed by atoms with Crippen LogP contribution in [0.5, 0.6) is 0 Å². The molecule has 5 nitrogen and oxygen atoms in total. The van der Waals surface area contributed by atoms with E-state index in [1.165, 1.54) is 18.9 Å². The predicted octanol–water partition coefficient (Wildman–Crippen LogP) is 1.95. The van der Waals surface area contributed by atoms with E-state index in [0.29, 0.717) is 24.9 Å². The Morgan fingerprint density at radius 3 is 2.85 bits per heavy atom. The van der Waals surface area contributed by atoms with Crippen LogP contribution in [0.3, 0.4) is 0 Å². The molecular formula is C13H22N2O3S2. The van der Waals surface area contributed by atoms with Crippen LogP contribution in [0, 0.1) is 0 Å². The van der Waals surface area contributed by atoms with Gasteiger partial charge >= 0.3 is 0 Å². The number of furan rings is 1. The molecule has 2 rings (SSSR count). The second kappa shape index (κ2) is 7.49. The molecule has 0 spiro atoms. The van der Waals surface area contributed by atoms with Crippen molar-refractivity contribution in [2.24, 2.45) is 0 Å². The van der Waals surface area contributed by atoms with Crippen molar-refractivity contribution in [3.05, 3.63) is 17.9 Å². The highest BCUT2D eigenvalue weighted by Crippen LogP contribution is 2.20. The van der Waals surface area contributed by atoms with Crippen LogP contribution in [0.4, 0.5) is 0 Å². The van der Waals surface area contributed by atoms with E-state index >= 15 is 0 Å². The lowest BCUT2D eigenvalue weighted by Crippen LogP contribution is -2.24. The molecule has 0 aromatic carbocycles. The molecule has 20 heavy (non-hydrogen) atoms. The molecule has 1 fully saturated rings. The van der Waals surface area contributed by atoms with Gasteiger partial charge in [-0.05, 0) is 49.8 Å². The van der Waals surface area contributed by atoms with Crippen LogP contribution in [0.2, 0.25) is 0 Å². The van der Waals surface area contributed by atoms with Gasteiger partial charge in [0.2, 0.25) is 5.09 Å². The van der Waals surface area contributed by atoms with Crippen LogP contribution in [0.25, 0.3) is 0 Å². The Kier molecular flexibility index (Phi) is 5.95. The number of hydrogen-bond donors (Lipinski definition) is 2. The Morgan fingerprint density at radius 1 is 1.35 bits per heavy atom. The van der Waals surface area contributed by atoms with Crippen molar-refractivity contribution in [3.8, 4) is 0 Å². The molecule has 0 amide bonds. The summed E-state index contributed by atoms with van der Waals surface area (Å²) >= 11 is 1.77. The van der Waals surface area contributed by atoms with Crippen molar-refractivity contribution in [1.82, 2.24) is 10.0 Å². The number of rotatable bonds is 10. The summed E-state index contributed by atoms with van der Waals surface area (Å²) in [5, 5.41) is 3.30. The van der Waals surface area contributed by atoms with Crippen molar-refractivity contribution in [2.75, 3.05) is 18.6 Å². The zero-order chi connectivity index (χ0) is 14.4. The zero-order valence-electron chi connectivity index (χ0n) is 11.7. The summed E-state index contributed by atoms with van der Waals surface area (Å²) in [5.41, 5.74) is 0. The number of sulfonamides is 1. The molecular weight excluding hydrogens is 296 g/mol. The highest BCUT2D eigenvalue weighted by molar-refractivity contribution is 7.98. The minimum Gasteiger partial charge on any atom is -0.447 e. The largest absolute Gasteiger partial charge is 0.447 e. The van der Waals surface area contributed by atoms with Gasteiger partial charge in [-0.1, -0.05) is 0 Å². The summed E-state index contributed by atoms with van der Waals surface area (Å²) in [6.07, 6.45) is 6.30. The standard InChI is InChI=1S/C13H22N2O3S2/c1-19-9-3-2-8-15-20(16,17)13-7-6-12(18-13)10-14-11-4-5-11/h6-7,11,14-15H,2-5,8-10H2,1H3. The molecule has 1 heterocycles. The molecule has 0 saturated heterocycles. The number of nitrogens with one attached hydrogen (secondary N) is 2. The quantitative estimate of drug-likeness (QED) is 0.645. The lowest BCUT2D eigenvalue weighted by Gasteiger charge is -2.04. The van der Waals surface area contributed by atoms with Crippen LogP contribution in [0.15, 0.2) is 21.6 Å². The van der Waals surface area contributed by atoms with Gasteiger partial charge in [-0.2, -0.15) is 11.8 Å². The molecule has 0 radical (unpaired) electrons. The number of unbranched alkanes of at least 4 members (excludes halogenated alkanes) is 1. The molecule has 1 aliphatic carbocycles. The third-order valence-corrected chi connectivity index (χ3v) is 5.14. The van der Waals surface area contributed by atoms with E-state index < -0.39 is 10.0 Å². The highest BCUT2D eigenvalue weighted by Gasteiger charge is 2.22. The van der Waals surface area contributed by atoms with Crippen LogP contribution in [-0.2, 0) is 16.6 Å². The second-order valence-corrected chi connectivity index (χ2v) is 7.66. The lowest BCUT2D eigenvalue weighted by atomic mass is 10.3. The fourth-order valence-corrected chi connectivity index (χ4v) is 3.29. The molecule has 1 aliphatic rings. The van der Waals surface area contributed by atoms with Gasteiger partial charge in [0.15, 0.2) is 0 Å². The third-order valence-electron chi connectivity index (χ3n) is 3.11. The molecule has 7 heteroatoms. The average Bonchev–Trinajstić information content (AvgIpc) is 3.12. The van der Waals surface area contributed by atoms with Crippen LogP contribution in [-0.4, -0.2) is 33.0 Å². The van der Waals surface area contributed by atoms with Gasteiger partial charge in [0.05, 0.1) is 6.54 Å². The Balaban J connectivity index is 1.78. The monoisotopic (exact) mass is 318 g/mol. The molecule has 0 atom stereocenters. The second-order valence-electron chi connectivity index (χ2n) is 4.97. The Hall–Kier alpha value is -0.500. The molecule has 1 aromatic rings. The molecule has 2 N–H and O–H groups in total. The summed E-state index contributed by atoms with van der Waals surface area (Å²) in [4.78, 5) is 0. The van der Waals surface area contributed by atoms with Crippen LogP contribution < -0.4 is 10.0 Å². The normalized spacial score (nSPS) is 15.7. The van der Waals surface area contributed by atoms with Gasteiger partial charge in [-0.15, -0.1) is 0 Å². The predicted molar refractivity (Wildman–Crippen MR) is 81.4 cm³/mol. The van der Waals surface area contributed by atoms with Gasteiger partial charge in [0.25, 0.3) is 10.0 Å². The topological polar surface area (TPSA) is 71.3 Å². The summed E-state index contributed by atoms with van der Waals surface area (Å²) < 4.78 is 32.0. The Morgan fingerprint density at radius 2 is 2.15 bits per heavy atom. The SMILES string of the molecule is CSCCCCNS(=O)(=O)c1ccc(CNC2CC2)o1. The average molecular weight is 318 g/mol. The maximum Gasteiger partial charge on any atom is 0.273 e. The molecule has 0 bridgehead atoms. The van der Waals surface area contributed by atoms with Gasteiger partial charge < -0.3 is 9.73 Å². The van der Waals surface area contributed by atoms with Gasteiger partial charge in [-0.25, -0.2) is 13.1 Å². The van der Waals surface area contributed by atoms with E-state index in [4.69, 9.17) is 4.42 Å². The molecule has 1 aromatic heterocycles. The molecule has 0 aliphatic heterocycles. The van der Waals surface area contributed by atoms with E-state index in [9.17, 15) is 8.42 Å². The highest BCUT2D eigenvalue weighted by atomic mass is 32.2. The van der Waals surface area contributed by atoms with E-state index in [1.807, 2.05) is 6.26 Å². The fourth-order valence-electron chi connectivity index (χ4n) is 1.78. The summed E-state index contributed by atoms with van der Waals surface area (Å²) in [7, 11) is -3.50. The van der Waals surface area contributed by atoms with E-state index in [1.54, 1.807) is 17.8 Å². The van der Waals surface area contributed by atoms with Crippen molar-refractivity contribution >= 4 is 21.8 Å². The first-order valence-corrected chi connectivity index (χ1v) is 9.80. The lowest BCUT2D eigenvalue weighted by molar-refractivity contribution is 0.399. The number of hydrogen-bond acceptors (Lipinski definition) is 5. The van der Waals surface area contributed by atoms with Crippen molar-refractivity contribution < 1.29 is 12.8 Å². The first-order valence-electron chi connectivity index (χ1n) is 6.92. The van der Waals surface area contributed by atoms with Crippen molar-refractivity contribution in [1.29, 1.82) is 0 Å². The van der Waals surface area contributed by atoms with Crippen molar-refractivity contribution in [3.63, 3.8) is 0 Å². The van der Waals surface area contributed by atoms with Crippen molar-refractivity contribution in [2.45, 2.75) is 43.4 Å². The smallest absolute Gasteiger partial charge is 0.273 e. The minimum absolute atomic E-state index is 0.00923. The van der Waals surface area contributed by atoms with Crippen LogP contribution in [0.1, 0.15) is 31.4 Å². The molecule has 114 valence electrons. The summed E-state index contributed by atoms with van der Waals surface area (Å²) in [6.45, 7) is 1.05. The first-order chi connectivity index (χ1) is 9.62. The number of thioether (sulfide) groups is 1. The summed E-state index contributed by atoms with van der Waals surface area (Å²) in [6, 6.07) is 3.82.